The molecule has 14 heavy (non-hydrogen) atoms. The number of hydrogen-bond donors (Lipinski definition) is 1. The van der Waals surface area contributed by atoms with Gasteiger partial charge in [0.15, 0.2) is 0 Å². The van der Waals surface area contributed by atoms with E-state index in [1.54, 1.807) is 6.07 Å². The van der Waals surface area contributed by atoms with Crippen molar-refractivity contribution in [3.8, 4) is 0 Å². The van der Waals surface area contributed by atoms with E-state index < -0.39 is 0 Å². The molecular weight excluding hydrogens is 221 g/mol. The number of rotatable bonds is 2. The molecule has 0 aliphatic heterocycles. The minimum Gasteiger partial charge on any atom is -0.315 e. The van der Waals surface area contributed by atoms with Gasteiger partial charge in [-0.25, -0.2) is 4.39 Å². The van der Waals surface area contributed by atoms with Crippen molar-refractivity contribution < 1.29 is 4.39 Å². The molecule has 74 valence electrons. The van der Waals surface area contributed by atoms with E-state index in [2.05, 4.69) is 5.32 Å². The summed E-state index contributed by atoms with van der Waals surface area (Å²) in [6.07, 6.45) is 0. The molecule has 1 N–H and O–H groups in total. The fourth-order valence-corrected chi connectivity index (χ4v) is 2.88. The van der Waals surface area contributed by atoms with Gasteiger partial charge in [-0.3, -0.25) is 0 Å². The Hall–Kier alpha value is -0.640. The molecule has 0 saturated carbocycles. The van der Waals surface area contributed by atoms with Crippen LogP contribution in [-0.2, 0) is 6.54 Å². The Labute approximate surface area is 90.5 Å². The summed E-state index contributed by atoms with van der Waals surface area (Å²) in [6, 6.07) is 4.98. The van der Waals surface area contributed by atoms with Gasteiger partial charge in [0.2, 0.25) is 0 Å². The van der Waals surface area contributed by atoms with Crippen LogP contribution < -0.4 is 5.32 Å². The Bertz CT molecular complexity index is 466. The largest absolute Gasteiger partial charge is 0.315 e. The maximum Gasteiger partial charge on any atom is 0.141 e. The van der Waals surface area contributed by atoms with E-state index in [-0.39, 0.29) is 5.82 Å². The summed E-state index contributed by atoms with van der Waals surface area (Å²) in [6.45, 7) is 0.678. The van der Waals surface area contributed by atoms with Gasteiger partial charge < -0.3 is 5.32 Å². The normalized spacial score (nSPS) is 11.1. The van der Waals surface area contributed by atoms with Crippen molar-refractivity contribution in [2.75, 3.05) is 7.05 Å². The van der Waals surface area contributed by atoms with E-state index in [0.29, 0.717) is 16.3 Å². The molecule has 1 nitrogen and oxygen atoms in total. The van der Waals surface area contributed by atoms with E-state index in [0.717, 1.165) is 10.3 Å². The van der Waals surface area contributed by atoms with Crippen molar-refractivity contribution in [3.05, 3.63) is 33.9 Å². The number of hydrogen-bond acceptors (Lipinski definition) is 2. The predicted octanol–water partition coefficient (Wildman–Crippen LogP) is 3.41. The monoisotopic (exact) mass is 229 g/mol. The highest BCUT2D eigenvalue weighted by molar-refractivity contribution is 7.19. The first-order valence-electron chi connectivity index (χ1n) is 4.24. The van der Waals surface area contributed by atoms with Gasteiger partial charge in [-0.05, 0) is 13.1 Å². The summed E-state index contributed by atoms with van der Waals surface area (Å²) >= 11 is 7.52. The van der Waals surface area contributed by atoms with Crippen LogP contribution in [0.1, 0.15) is 4.88 Å². The Balaban J connectivity index is 2.67. The van der Waals surface area contributed by atoms with E-state index >= 15 is 0 Å². The van der Waals surface area contributed by atoms with E-state index in [1.807, 2.05) is 13.1 Å². The number of nitrogens with one attached hydrogen (secondary N) is 1. The van der Waals surface area contributed by atoms with E-state index in [1.165, 1.54) is 17.4 Å². The molecule has 2 rings (SSSR count). The quantitative estimate of drug-likeness (QED) is 0.832. The highest BCUT2D eigenvalue weighted by Gasteiger charge is 2.11. The second-order valence-electron chi connectivity index (χ2n) is 2.99. The van der Waals surface area contributed by atoms with Crippen molar-refractivity contribution in [1.29, 1.82) is 0 Å². The first-order chi connectivity index (χ1) is 6.74. The third-order valence-electron chi connectivity index (χ3n) is 2.01. The number of fused-ring (bicyclic) bond motifs is 1. The number of thiophene rings is 1. The minimum atomic E-state index is -0.197. The van der Waals surface area contributed by atoms with E-state index in [4.69, 9.17) is 11.6 Å². The molecule has 1 aromatic carbocycles. The molecule has 1 aromatic heterocycles. The smallest absolute Gasteiger partial charge is 0.141 e. The second kappa shape index (κ2) is 3.85. The van der Waals surface area contributed by atoms with Gasteiger partial charge >= 0.3 is 0 Å². The summed E-state index contributed by atoms with van der Waals surface area (Å²) in [5.41, 5.74) is 0. The van der Waals surface area contributed by atoms with Crippen LogP contribution in [0.15, 0.2) is 18.2 Å². The highest BCUT2D eigenvalue weighted by atomic mass is 35.5. The fraction of sp³-hybridized carbons (Fsp3) is 0.200. The zero-order valence-electron chi connectivity index (χ0n) is 7.60. The van der Waals surface area contributed by atoms with Crippen LogP contribution in [0.5, 0.6) is 0 Å². The lowest BCUT2D eigenvalue weighted by Gasteiger charge is -1.94. The molecule has 2 aromatic rings. The highest BCUT2D eigenvalue weighted by Crippen LogP contribution is 2.36. The van der Waals surface area contributed by atoms with Crippen LogP contribution in [0.25, 0.3) is 10.1 Å². The molecule has 0 radical (unpaired) electrons. The van der Waals surface area contributed by atoms with Crippen molar-refractivity contribution in [2.45, 2.75) is 6.54 Å². The van der Waals surface area contributed by atoms with Gasteiger partial charge in [0, 0.05) is 16.8 Å². The Kier molecular flexibility index (Phi) is 2.72. The van der Waals surface area contributed by atoms with Crippen molar-refractivity contribution in [3.63, 3.8) is 0 Å². The Morgan fingerprint density at radius 1 is 1.50 bits per heavy atom. The average molecular weight is 230 g/mol. The molecule has 0 atom stereocenters. The molecule has 0 aliphatic carbocycles. The zero-order valence-corrected chi connectivity index (χ0v) is 9.18. The molecule has 0 saturated heterocycles. The molecule has 0 fully saturated rings. The third-order valence-corrected chi connectivity index (χ3v) is 3.77. The maximum atomic E-state index is 13.4. The second-order valence-corrected chi connectivity index (χ2v) is 4.47. The molecule has 0 amide bonds. The van der Waals surface area contributed by atoms with Crippen LogP contribution in [0, 0.1) is 5.82 Å². The van der Waals surface area contributed by atoms with Crippen molar-refractivity contribution >= 4 is 33.0 Å². The van der Waals surface area contributed by atoms with Gasteiger partial charge in [-0.1, -0.05) is 23.7 Å². The summed E-state index contributed by atoms with van der Waals surface area (Å²) in [5.74, 6) is -0.197. The first kappa shape index (κ1) is 9.90. The Morgan fingerprint density at radius 3 is 2.93 bits per heavy atom. The molecule has 1 heterocycles. The predicted molar refractivity (Wildman–Crippen MR) is 59.6 cm³/mol. The first-order valence-corrected chi connectivity index (χ1v) is 5.43. The van der Waals surface area contributed by atoms with Crippen molar-refractivity contribution in [1.82, 2.24) is 5.32 Å². The van der Waals surface area contributed by atoms with Gasteiger partial charge in [-0.15, -0.1) is 11.3 Å². The molecule has 0 bridgehead atoms. The van der Waals surface area contributed by atoms with Crippen LogP contribution >= 0.6 is 22.9 Å². The van der Waals surface area contributed by atoms with Crippen LogP contribution in [0.4, 0.5) is 4.39 Å². The van der Waals surface area contributed by atoms with Gasteiger partial charge in [0.1, 0.15) is 5.82 Å². The molecular formula is C10H9ClFNS. The summed E-state index contributed by atoms with van der Waals surface area (Å²) in [4.78, 5) is 0.981. The summed E-state index contributed by atoms with van der Waals surface area (Å²) < 4.78 is 14.0. The number of benzene rings is 1. The summed E-state index contributed by atoms with van der Waals surface area (Å²) in [7, 11) is 1.84. The van der Waals surface area contributed by atoms with Crippen LogP contribution in [-0.4, -0.2) is 7.05 Å². The van der Waals surface area contributed by atoms with Crippen LogP contribution in [0.3, 0.4) is 0 Å². The topological polar surface area (TPSA) is 12.0 Å². The minimum absolute atomic E-state index is 0.197. The molecule has 0 spiro atoms. The third kappa shape index (κ3) is 1.52. The van der Waals surface area contributed by atoms with Gasteiger partial charge in [-0.2, -0.15) is 0 Å². The standard InChI is InChI=1S/C10H9ClFNS/c1-13-5-8-9(11)6-3-2-4-7(12)10(6)14-8/h2-4,13H,5H2,1H3. The van der Waals surface area contributed by atoms with Gasteiger partial charge in [0.05, 0.1) is 9.72 Å². The van der Waals surface area contributed by atoms with Crippen LogP contribution in [0.2, 0.25) is 5.02 Å². The lowest BCUT2D eigenvalue weighted by molar-refractivity contribution is 0.642. The lowest BCUT2D eigenvalue weighted by Crippen LogP contribution is -2.03. The van der Waals surface area contributed by atoms with E-state index in [9.17, 15) is 4.39 Å². The molecule has 0 unspecified atom stereocenters. The number of halogens is 2. The molecule has 0 aliphatic rings. The van der Waals surface area contributed by atoms with Gasteiger partial charge in [0.25, 0.3) is 0 Å². The SMILES string of the molecule is CNCc1sc2c(F)cccc2c1Cl. The summed E-state index contributed by atoms with van der Waals surface area (Å²) in [5, 5.41) is 4.48. The lowest BCUT2D eigenvalue weighted by atomic mass is 10.2. The van der Waals surface area contributed by atoms with Crippen molar-refractivity contribution in [2.24, 2.45) is 0 Å². The fourth-order valence-electron chi connectivity index (χ4n) is 1.38. The zero-order chi connectivity index (χ0) is 10.1. The maximum absolute atomic E-state index is 13.4. The average Bonchev–Trinajstić information content (AvgIpc) is 2.48. The molecule has 4 heteroatoms. The Morgan fingerprint density at radius 2 is 2.29 bits per heavy atom.